The summed E-state index contributed by atoms with van der Waals surface area (Å²) < 4.78 is 10.9. The summed E-state index contributed by atoms with van der Waals surface area (Å²) in [4.78, 5) is 17.8. The molecule has 0 radical (unpaired) electrons. The molecule has 1 aromatic carbocycles. The molecular weight excluding hydrogens is 395 g/mol. The van der Waals surface area contributed by atoms with E-state index in [1.165, 1.54) is 17.4 Å². The van der Waals surface area contributed by atoms with Gasteiger partial charge in [0.25, 0.3) is 5.91 Å². The van der Waals surface area contributed by atoms with Crippen LogP contribution in [0.25, 0.3) is 22.1 Å². The van der Waals surface area contributed by atoms with Crippen molar-refractivity contribution in [1.29, 1.82) is 0 Å². The lowest BCUT2D eigenvalue weighted by atomic mass is 10.2. The molecule has 0 aliphatic rings. The van der Waals surface area contributed by atoms with Crippen molar-refractivity contribution in [2.75, 3.05) is 5.32 Å². The molecule has 0 aliphatic carbocycles. The number of halogens is 2. The van der Waals surface area contributed by atoms with Gasteiger partial charge in [0.15, 0.2) is 10.9 Å². The molecule has 1 amide bonds. The molecule has 4 rings (SSSR count). The first-order valence-electron chi connectivity index (χ1n) is 7.47. The molecule has 130 valence electrons. The summed E-state index contributed by atoms with van der Waals surface area (Å²) in [6.07, 6.45) is 3.14. The van der Waals surface area contributed by atoms with Crippen molar-refractivity contribution in [1.82, 2.24) is 4.98 Å². The van der Waals surface area contributed by atoms with Crippen LogP contribution in [0, 0.1) is 0 Å². The Bertz CT molecular complexity index is 1000. The SMILES string of the molecule is O=C(Nc1nc(-c2ccco2)c(-c2ccco2)s1)c1ccc(Cl)cc1Cl. The van der Waals surface area contributed by atoms with Crippen molar-refractivity contribution >= 4 is 45.6 Å². The number of hydrogen-bond acceptors (Lipinski definition) is 5. The van der Waals surface area contributed by atoms with Crippen LogP contribution in [-0.2, 0) is 0 Å². The number of rotatable bonds is 4. The van der Waals surface area contributed by atoms with Gasteiger partial charge in [0.05, 0.1) is 23.1 Å². The molecule has 26 heavy (non-hydrogen) atoms. The number of benzene rings is 1. The second-order valence-corrected chi connectivity index (χ2v) is 7.07. The summed E-state index contributed by atoms with van der Waals surface area (Å²) in [6, 6.07) is 11.9. The monoisotopic (exact) mass is 404 g/mol. The number of amides is 1. The number of hydrogen-bond donors (Lipinski definition) is 1. The third-order valence-corrected chi connectivity index (χ3v) is 5.06. The van der Waals surface area contributed by atoms with Crippen molar-refractivity contribution < 1.29 is 13.6 Å². The van der Waals surface area contributed by atoms with Crippen LogP contribution in [0.3, 0.4) is 0 Å². The molecule has 3 heterocycles. The Kier molecular flexibility index (Phi) is 4.55. The number of carbonyl (C=O) groups is 1. The second kappa shape index (κ2) is 6.99. The third kappa shape index (κ3) is 3.26. The van der Waals surface area contributed by atoms with Crippen molar-refractivity contribution in [3.05, 3.63) is 70.6 Å². The van der Waals surface area contributed by atoms with E-state index in [1.54, 1.807) is 42.9 Å². The topological polar surface area (TPSA) is 68.3 Å². The number of furan rings is 2. The predicted octanol–water partition coefficient (Wildman–Crippen LogP) is 6.22. The molecule has 0 saturated carbocycles. The molecule has 0 spiro atoms. The van der Waals surface area contributed by atoms with Crippen LogP contribution >= 0.6 is 34.5 Å². The van der Waals surface area contributed by atoms with Gasteiger partial charge in [-0.25, -0.2) is 4.98 Å². The maximum atomic E-state index is 12.5. The number of thiazole rings is 1. The normalized spacial score (nSPS) is 10.8. The molecule has 0 unspecified atom stereocenters. The first-order valence-corrected chi connectivity index (χ1v) is 9.04. The summed E-state index contributed by atoms with van der Waals surface area (Å²) in [5, 5.41) is 3.89. The van der Waals surface area contributed by atoms with Crippen molar-refractivity contribution in [3.63, 3.8) is 0 Å². The van der Waals surface area contributed by atoms with Gasteiger partial charge in [-0.2, -0.15) is 0 Å². The molecule has 5 nitrogen and oxygen atoms in total. The van der Waals surface area contributed by atoms with Gasteiger partial charge in [-0.15, -0.1) is 0 Å². The molecule has 3 aromatic heterocycles. The molecule has 8 heteroatoms. The van der Waals surface area contributed by atoms with Gasteiger partial charge in [0.1, 0.15) is 16.3 Å². The van der Waals surface area contributed by atoms with E-state index in [0.29, 0.717) is 32.9 Å². The number of anilines is 1. The maximum Gasteiger partial charge on any atom is 0.258 e. The smallest absolute Gasteiger partial charge is 0.258 e. The first-order chi connectivity index (χ1) is 12.6. The average molecular weight is 405 g/mol. The summed E-state index contributed by atoms with van der Waals surface area (Å²) in [5.41, 5.74) is 0.901. The van der Waals surface area contributed by atoms with Gasteiger partial charge in [0.2, 0.25) is 0 Å². The van der Waals surface area contributed by atoms with Gasteiger partial charge in [-0.3, -0.25) is 10.1 Å². The average Bonchev–Trinajstić information content (AvgIpc) is 3.35. The highest BCUT2D eigenvalue weighted by Gasteiger charge is 2.21. The Hall–Kier alpha value is -2.54. The van der Waals surface area contributed by atoms with Crippen LogP contribution in [0.1, 0.15) is 10.4 Å². The second-order valence-electron chi connectivity index (χ2n) is 5.23. The summed E-state index contributed by atoms with van der Waals surface area (Å²) >= 11 is 13.3. The zero-order valence-electron chi connectivity index (χ0n) is 13.0. The van der Waals surface area contributed by atoms with Crippen molar-refractivity contribution in [2.45, 2.75) is 0 Å². The Morgan fingerprint density at radius 2 is 1.77 bits per heavy atom. The Labute approximate surface area is 162 Å². The Balaban J connectivity index is 1.69. The molecule has 0 saturated heterocycles. The zero-order chi connectivity index (χ0) is 18.1. The number of carbonyl (C=O) groups excluding carboxylic acids is 1. The summed E-state index contributed by atoms with van der Waals surface area (Å²) in [6.45, 7) is 0. The van der Waals surface area contributed by atoms with Crippen molar-refractivity contribution in [3.8, 4) is 22.1 Å². The van der Waals surface area contributed by atoms with E-state index < -0.39 is 0 Å². The van der Waals surface area contributed by atoms with Crippen LogP contribution in [0.2, 0.25) is 10.0 Å². The number of nitrogens with one attached hydrogen (secondary N) is 1. The van der Waals surface area contributed by atoms with Gasteiger partial charge >= 0.3 is 0 Å². The highest BCUT2D eigenvalue weighted by Crippen LogP contribution is 2.39. The van der Waals surface area contributed by atoms with Crippen LogP contribution in [0.4, 0.5) is 5.13 Å². The van der Waals surface area contributed by atoms with Gasteiger partial charge in [-0.05, 0) is 42.5 Å². The highest BCUT2D eigenvalue weighted by molar-refractivity contribution is 7.19. The van der Waals surface area contributed by atoms with Crippen LogP contribution in [-0.4, -0.2) is 10.9 Å². The fraction of sp³-hybridized carbons (Fsp3) is 0. The van der Waals surface area contributed by atoms with Gasteiger partial charge in [0, 0.05) is 5.02 Å². The Morgan fingerprint density at radius 1 is 1.04 bits per heavy atom. The quantitative estimate of drug-likeness (QED) is 0.438. The van der Waals surface area contributed by atoms with Crippen LogP contribution in [0.15, 0.2) is 63.8 Å². The minimum Gasteiger partial charge on any atom is -0.463 e. The minimum absolute atomic E-state index is 0.268. The van der Waals surface area contributed by atoms with Crippen LogP contribution < -0.4 is 5.32 Å². The lowest BCUT2D eigenvalue weighted by molar-refractivity contribution is 0.102. The molecular formula is C18H10Cl2N2O3S. The van der Waals surface area contributed by atoms with E-state index in [0.717, 1.165) is 4.88 Å². The van der Waals surface area contributed by atoms with E-state index in [-0.39, 0.29) is 10.9 Å². The lowest BCUT2D eigenvalue weighted by Gasteiger charge is -2.04. The molecule has 1 N–H and O–H groups in total. The number of nitrogens with zero attached hydrogens (tertiary/aromatic N) is 1. The standard InChI is InChI=1S/C18H10Cl2N2O3S/c19-10-5-6-11(12(20)9-10)17(23)22-18-21-15(13-3-1-7-24-13)16(26-18)14-4-2-8-25-14/h1-9H,(H,21,22,23). The van der Waals surface area contributed by atoms with E-state index >= 15 is 0 Å². The largest absolute Gasteiger partial charge is 0.463 e. The first kappa shape index (κ1) is 16.9. The zero-order valence-corrected chi connectivity index (χ0v) is 15.4. The highest BCUT2D eigenvalue weighted by atomic mass is 35.5. The van der Waals surface area contributed by atoms with E-state index in [2.05, 4.69) is 10.3 Å². The minimum atomic E-state index is -0.377. The molecule has 4 aromatic rings. The Morgan fingerprint density at radius 3 is 2.42 bits per heavy atom. The molecule has 0 atom stereocenters. The molecule has 0 fully saturated rings. The van der Waals surface area contributed by atoms with Gasteiger partial charge in [-0.1, -0.05) is 34.5 Å². The van der Waals surface area contributed by atoms with Crippen LogP contribution in [0.5, 0.6) is 0 Å². The predicted molar refractivity (Wildman–Crippen MR) is 102 cm³/mol. The molecule has 0 aliphatic heterocycles. The fourth-order valence-electron chi connectivity index (χ4n) is 2.37. The third-order valence-electron chi connectivity index (χ3n) is 3.52. The fourth-order valence-corrected chi connectivity index (χ4v) is 3.79. The lowest BCUT2D eigenvalue weighted by Crippen LogP contribution is -2.12. The van der Waals surface area contributed by atoms with Gasteiger partial charge < -0.3 is 8.83 Å². The van der Waals surface area contributed by atoms with Crippen molar-refractivity contribution in [2.24, 2.45) is 0 Å². The van der Waals surface area contributed by atoms with E-state index in [9.17, 15) is 4.79 Å². The summed E-state index contributed by atoms with van der Waals surface area (Å²) in [7, 11) is 0. The summed E-state index contributed by atoms with van der Waals surface area (Å²) in [5.74, 6) is 0.842. The van der Waals surface area contributed by atoms with E-state index in [4.69, 9.17) is 32.0 Å². The molecule has 0 bridgehead atoms. The number of aromatic nitrogens is 1. The maximum absolute atomic E-state index is 12.5. The van der Waals surface area contributed by atoms with E-state index in [1.807, 2.05) is 6.07 Å².